The average molecular weight is 648 g/mol. The number of methoxy groups -OCH3 is 1. The van der Waals surface area contributed by atoms with Crippen LogP contribution >= 0.6 is 0 Å². The van der Waals surface area contributed by atoms with Crippen molar-refractivity contribution in [1.82, 2.24) is 9.13 Å². The van der Waals surface area contributed by atoms with E-state index >= 15 is 0 Å². The minimum atomic E-state index is -4.21. The van der Waals surface area contributed by atoms with Gasteiger partial charge in [0.05, 0.1) is 30.9 Å². The molecule has 1 saturated heterocycles. The van der Waals surface area contributed by atoms with Crippen LogP contribution in [0.5, 0.6) is 0 Å². The topological polar surface area (TPSA) is 150 Å². The SMILES string of the molecule is COCCn1c(=O)c(C)cn(C2OC(CO[Si](C)(C)C(C)(C)C)C3(OS(=O)(=O)C=C3N)C2O[Si](C)(C)C(C)(C)C)c1=O. The molecular weight excluding hydrogens is 599 g/mol. The predicted molar refractivity (Wildman–Crippen MR) is 166 cm³/mol. The normalized spacial score (nSPS) is 26.7. The van der Waals surface area contributed by atoms with Crippen LogP contribution in [-0.2, 0) is 39.2 Å². The molecule has 15 heteroatoms. The minimum absolute atomic E-state index is 0.0201. The van der Waals surface area contributed by atoms with E-state index in [1.54, 1.807) is 6.92 Å². The maximum atomic E-state index is 13.8. The van der Waals surface area contributed by atoms with Crippen molar-refractivity contribution >= 4 is 26.8 Å². The van der Waals surface area contributed by atoms with Crippen LogP contribution in [0.25, 0.3) is 0 Å². The van der Waals surface area contributed by atoms with Crippen LogP contribution in [0.4, 0.5) is 0 Å². The molecule has 0 aliphatic carbocycles. The van der Waals surface area contributed by atoms with Gasteiger partial charge in [0.1, 0.15) is 12.2 Å². The third-order valence-electron chi connectivity index (χ3n) is 9.23. The zero-order valence-electron chi connectivity index (χ0n) is 27.1. The summed E-state index contributed by atoms with van der Waals surface area (Å²) in [4.78, 5) is 26.8. The number of rotatable bonds is 9. The molecule has 12 nitrogen and oxygen atoms in total. The first-order valence-electron chi connectivity index (χ1n) is 14.1. The van der Waals surface area contributed by atoms with E-state index in [0.29, 0.717) is 5.56 Å². The Morgan fingerprint density at radius 1 is 1.05 bits per heavy atom. The molecule has 1 spiro atoms. The summed E-state index contributed by atoms with van der Waals surface area (Å²) in [6.45, 7) is 22.3. The number of aryl methyl sites for hydroxylation is 1. The minimum Gasteiger partial charge on any atom is -0.414 e. The van der Waals surface area contributed by atoms with Crippen molar-refractivity contribution in [3.8, 4) is 0 Å². The Morgan fingerprint density at radius 2 is 1.62 bits per heavy atom. The summed E-state index contributed by atoms with van der Waals surface area (Å²) in [6, 6.07) is 0. The third kappa shape index (κ3) is 6.29. The highest BCUT2D eigenvalue weighted by molar-refractivity contribution is 7.90. The second-order valence-electron chi connectivity index (χ2n) is 14.3. The fourth-order valence-corrected chi connectivity index (χ4v) is 8.04. The first kappa shape index (κ1) is 34.9. The Balaban J connectivity index is 2.29. The lowest BCUT2D eigenvalue weighted by Gasteiger charge is -2.43. The highest BCUT2D eigenvalue weighted by atomic mass is 32.2. The van der Waals surface area contributed by atoms with Crippen LogP contribution in [0, 0.1) is 6.92 Å². The van der Waals surface area contributed by atoms with Gasteiger partial charge in [-0.1, -0.05) is 41.5 Å². The first-order chi connectivity index (χ1) is 18.9. The molecule has 2 aliphatic rings. The smallest absolute Gasteiger partial charge is 0.333 e. The van der Waals surface area contributed by atoms with E-state index < -0.39 is 62.0 Å². The second kappa shape index (κ2) is 11.4. The van der Waals surface area contributed by atoms with Gasteiger partial charge in [-0.3, -0.25) is 13.9 Å². The van der Waals surface area contributed by atoms with Gasteiger partial charge >= 0.3 is 5.69 Å². The van der Waals surface area contributed by atoms with Crippen molar-refractivity contribution in [2.75, 3.05) is 20.3 Å². The van der Waals surface area contributed by atoms with E-state index in [9.17, 15) is 18.0 Å². The molecule has 240 valence electrons. The van der Waals surface area contributed by atoms with Gasteiger partial charge in [0.2, 0.25) is 0 Å². The maximum absolute atomic E-state index is 13.8. The van der Waals surface area contributed by atoms with Gasteiger partial charge in [-0.05, 0) is 43.2 Å². The van der Waals surface area contributed by atoms with Crippen LogP contribution in [-0.4, -0.2) is 72.3 Å². The Kier molecular flexibility index (Phi) is 9.47. The van der Waals surface area contributed by atoms with Crippen LogP contribution in [0.1, 0.15) is 53.3 Å². The highest BCUT2D eigenvalue weighted by Gasteiger charge is 2.67. The summed E-state index contributed by atoms with van der Waals surface area (Å²) in [6.07, 6.45) is -1.99. The van der Waals surface area contributed by atoms with Crippen molar-refractivity contribution in [3.63, 3.8) is 0 Å². The van der Waals surface area contributed by atoms with Gasteiger partial charge in [0, 0.05) is 18.9 Å². The molecule has 3 heterocycles. The number of hydrogen-bond donors (Lipinski definition) is 1. The molecule has 4 unspecified atom stereocenters. The molecule has 1 fully saturated rings. The van der Waals surface area contributed by atoms with E-state index in [-0.39, 0.29) is 35.5 Å². The predicted octanol–water partition coefficient (Wildman–Crippen LogP) is 3.17. The number of nitrogens with zero attached hydrogens (tertiary/aromatic N) is 2. The number of hydrogen-bond acceptors (Lipinski definition) is 10. The van der Waals surface area contributed by atoms with Gasteiger partial charge in [-0.2, -0.15) is 8.42 Å². The van der Waals surface area contributed by atoms with Crippen molar-refractivity contribution < 1.29 is 30.9 Å². The molecule has 2 aliphatic heterocycles. The standard InChI is InChI=1S/C27H49N3O9SSi2/c1-18-15-30(24(32)29(22(18)31)13-14-35-8)23-21(38-42(11,12)26(5,6)7)27(19(28)17-40(33,34)39-27)20(37-23)16-36-41(9,10)25(2,3)4/h15,17,20-21,23H,13-14,16,28H2,1-12H3. The van der Waals surface area contributed by atoms with E-state index in [4.69, 9.17) is 28.2 Å². The second-order valence-corrected chi connectivity index (χ2v) is 25.2. The summed E-state index contributed by atoms with van der Waals surface area (Å²) in [7, 11) is -7.77. The quantitative estimate of drug-likeness (QED) is 0.313. The Labute approximate surface area is 251 Å². The van der Waals surface area contributed by atoms with Gasteiger partial charge in [-0.25, -0.2) is 8.98 Å². The van der Waals surface area contributed by atoms with Crippen molar-refractivity contribution in [2.45, 2.75) is 115 Å². The Bertz CT molecular complexity index is 1440. The molecule has 0 aromatic carbocycles. The Morgan fingerprint density at radius 3 is 2.10 bits per heavy atom. The summed E-state index contributed by atoms with van der Waals surface area (Å²) in [5.41, 5.74) is 3.81. The lowest BCUT2D eigenvalue weighted by molar-refractivity contribution is -0.0568. The van der Waals surface area contributed by atoms with Crippen molar-refractivity contribution in [1.29, 1.82) is 0 Å². The van der Waals surface area contributed by atoms with E-state index in [2.05, 4.69) is 33.9 Å². The summed E-state index contributed by atoms with van der Waals surface area (Å²) in [5, 5.41) is 0.431. The highest BCUT2D eigenvalue weighted by Crippen LogP contribution is 2.52. The first-order valence-corrected chi connectivity index (χ1v) is 21.4. The zero-order chi connectivity index (χ0) is 32.3. The largest absolute Gasteiger partial charge is 0.414 e. The zero-order valence-corrected chi connectivity index (χ0v) is 29.9. The number of nitrogens with two attached hydrogens (primary N) is 1. The van der Waals surface area contributed by atoms with Crippen LogP contribution in [0.2, 0.25) is 36.3 Å². The molecule has 1 aromatic rings. The lowest BCUT2D eigenvalue weighted by atomic mass is 9.89. The van der Waals surface area contributed by atoms with E-state index in [1.807, 2.05) is 33.9 Å². The molecule has 3 rings (SSSR count). The lowest BCUT2D eigenvalue weighted by Crippen LogP contribution is -2.59. The van der Waals surface area contributed by atoms with Crippen molar-refractivity contribution in [3.05, 3.63) is 43.7 Å². The van der Waals surface area contributed by atoms with Gasteiger partial charge in [0.25, 0.3) is 15.7 Å². The Hall–Kier alpha value is -1.60. The van der Waals surface area contributed by atoms with Crippen LogP contribution in [0.3, 0.4) is 0 Å². The fourth-order valence-electron chi connectivity index (χ4n) is 4.53. The molecular formula is C27H49N3O9SSi2. The van der Waals surface area contributed by atoms with Crippen LogP contribution < -0.4 is 17.0 Å². The molecule has 0 saturated carbocycles. The summed E-state index contributed by atoms with van der Waals surface area (Å²) >= 11 is 0. The van der Waals surface area contributed by atoms with E-state index in [0.717, 1.165) is 9.98 Å². The molecule has 0 radical (unpaired) electrons. The molecule has 1 aromatic heterocycles. The van der Waals surface area contributed by atoms with Crippen molar-refractivity contribution in [2.24, 2.45) is 5.73 Å². The summed E-state index contributed by atoms with van der Waals surface area (Å²) < 4.78 is 59.2. The summed E-state index contributed by atoms with van der Waals surface area (Å²) in [5.74, 6) is 0. The fraction of sp³-hybridized carbons (Fsp3) is 0.778. The van der Waals surface area contributed by atoms with Gasteiger partial charge in [-0.15, -0.1) is 0 Å². The van der Waals surface area contributed by atoms with E-state index in [1.165, 1.54) is 17.9 Å². The molecule has 42 heavy (non-hydrogen) atoms. The van der Waals surface area contributed by atoms with Crippen LogP contribution in [0.15, 0.2) is 26.9 Å². The molecule has 4 atom stereocenters. The number of ether oxygens (including phenoxy) is 2. The monoisotopic (exact) mass is 647 g/mol. The molecule has 0 amide bonds. The molecule has 2 N–H and O–H groups in total. The maximum Gasteiger partial charge on any atom is 0.333 e. The number of aromatic nitrogens is 2. The van der Waals surface area contributed by atoms with Gasteiger partial charge in [0.15, 0.2) is 28.5 Å². The molecule has 0 bridgehead atoms. The average Bonchev–Trinajstić information content (AvgIpc) is 3.25. The third-order valence-corrected chi connectivity index (χ3v) is 19.2. The van der Waals surface area contributed by atoms with Gasteiger partial charge < -0.3 is 24.1 Å².